The summed E-state index contributed by atoms with van der Waals surface area (Å²) in [4.78, 5) is 3.87. The van der Waals surface area contributed by atoms with Crippen LogP contribution >= 0.6 is 0 Å². The molecule has 0 aliphatic heterocycles. The van der Waals surface area contributed by atoms with Crippen molar-refractivity contribution in [1.29, 1.82) is 0 Å². The van der Waals surface area contributed by atoms with Gasteiger partial charge in [0.05, 0.1) is 5.56 Å². The highest BCUT2D eigenvalue weighted by Crippen LogP contribution is 2.72. The molecule has 2 aliphatic carbocycles. The van der Waals surface area contributed by atoms with Crippen LogP contribution in [0.25, 0.3) is 0 Å². The summed E-state index contributed by atoms with van der Waals surface area (Å²) in [5.41, 5.74) is -3.44. The minimum atomic E-state index is -4.48. The van der Waals surface area contributed by atoms with Crippen LogP contribution < -0.4 is 0 Å². The zero-order chi connectivity index (χ0) is 15.7. The van der Waals surface area contributed by atoms with Crippen LogP contribution in [0.2, 0.25) is 0 Å². The minimum Gasteiger partial charge on any atom is -0.384 e. The molecule has 0 radical (unpaired) electrons. The van der Waals surface area contributed by atoms with Gasteiger partial charge in [0.15, 0.2) is 0 Å². The molecule has 0 aromatic carbocycles. The molecule has 1 aromatic rings. The van der Waals surface area contributed by atoms with Crippen LogP contribution in [0.3, 0.4) is 0 Å². The summed E-state index contributed by atoms with van der Waals surface area (Å²) < 4.78 is 40.1. The van der Waals surface area contributed by atoms with E-state index >= 15 is 0 Å². The first-order chi connectivity index (χ1) is 9.54. The summed E-state index contributed by atoms with van der Waals surface area (Å²) in [6.07, 6.45) is 0.344. The zero-order valence-electron chi connectivity index (χ0n) is 12.5. The maximum absolute atomic E-state index is 13.4. The summed E-state index contributed by atoms with van der Waals surface area (Å²) in [7, 11) is 0. The highest BCUT2D eigenvalue weighted by atomic mass is 19.4. The second-order valence-corrected chi connectivity index (χ2v) is 7.35. The van der Waals surface area contributed by atoms with Crippen molar-refractivity contribution >= 4 is 0 Å². The van der Waals surface area contributed by atoms with Gasteiger partial charge in [0.1, 0.15) is 5.60 Å². The quantitative estimate of drug-likeness (QED) is 0.845. The lowest BCUT2D eigenvalue weighted by atomic mass is 9.57. The molecular weight excluding hydrogens is 279 g/mol. The van der Waals surface area contributed by atoms with Gasteiger partial charge in [0.2, 0.25) is 0 Å². The van der Waals surface area contributed by atoms with Gasteiger partial charge in [-0.25, -0.2) is 0 Å². The Labute approximate surface area is 122 Å². The fourth-order valence-electron chi connectivity index (χ4n) is 4.86. The summed E-state index contributed by atoms with van der Waals surface area (Å²) in [6.45, 7) is 5.68. The smallest absolute Gasteiger partial charge is 0.384 e. The monoisotopic (exact) mass is 299 g/mol. The molecule has 0 saturated heterocycles. The van der Waals surface area contributed by atoms with E-state index in [4.69, 9.17) is 0 Å². The molecule has 2 saturated carbocycles. The van der Waals surface area contributed by atoms with Crippen LogP contribution in [0.5, 0.6) is 0 Å². The van der Waals surface area contributed by atoms with E-state index in [-0.39, 0.29) is 11.5 Å². The molecule has 0 spiro atoms. The lowest BCUT2D eigenvalue weighted by molar-refractivity contribution is -0.167. The van der Waals surface area contributed by atoms with Gasteiger partial charge >= 0.3 is 6.18 Å². The van der Waals surface area contributed by atoms with E-state index in [1.54, 1.807) is 0 Å². The van der Waals surface area contributed by atoms with Crippen LogP contribution in [0.4, 0.5) is 13.2 Å². The average molecular weight is 299 g/mol. The van der Waals surface area contributed by atoms with Gasteiger partial charge in [-0.3, -0.25) is 4.98 Å². The van der Waals surface area contributed by atoms with Crippen molar-refractivity contribution in [1.82, 2.24) is 4.98 Å². The van der Waals surface area contributed by atoms with Crippen molar-refractivity contribution in [3.63, 3.8) is 0 Å². The predicted molar refractivity (Wildman–Crippen MR) is 72.4 cm³/mol. The maximum Gasteiger partial charge on any atom is 0.416 e. The summed E-state index contributed by atoms with van der Waals surface area (Å²) in [5, 5.41) is 11.4. The van der Waals surface area contributed by atoms with Gasteiger partial charge in [-0.2, -0.15) is 13.2 Å². The Balaban J connectivity index is 2.25. The molecule has 5 heteroatoms. The molecule has 2 fully saturated rings. The first-order valence-corrected chi connectivity index (χ1v) is 7.28. The number of hydrogen-bond acceptors (Lipinski definition) is 2. The Kier molecular flexibility index (Phi) is 2.82. The molecule has 0 amide bonds. The summed E-state index contributed by atoms with van der Waals surface area (Å²) in [5.74, 6) is 0.244. The van der Waals surface area contributed by atoms with E-state index in [2.05, 4.69) is 4.98 Å². The molecule has 2 aliphatic rings. The third kappa shape index (κ3) is 1.67. The van der Waals surface area contributed by atoms with Crippen molar-refractivity contribution in [2.75, 3.05) is 0 Å². The second-order valence-electron chi connectivity index (χ2n) is 7.35. The number of nitrogens with zero attached hydrogens (tertiary/aromatic N) is 1. The van der Waals surface area contributed by atoms with Crippen molar-refractivity contribution in [3.8, 4) is 0 Å². The van der Waals surface area contributed by atoms with Crippen LogP contribution in [0, 0.1) is 16.7 Å². The largest absolute Gasteiger partial charge is 0.416 e. The third-order valence-electron chi connectivity index (χ3n) is 6.08. The van der Waals surface area contributed by atoms with E-state index in [0.717, 1.165) is 31.5 Å². The predicted octanol–water partition coefficient (Wildman–Crippen LogP) is 4.13. The summed E-state index contributed by atoms with van der Waals surface area (Å²) in [6, 6.07) is 0.971. The number of hydrogen-bond donors (Lipinski definition) is 1. The van der Waals surface area contributed by atoms with Gasteiger partial charge in [-0.1, -0.05) is 20.8 Å². The van der Waals surface area contributed by atoms with Gasteiger partial charge in [0.25, 0.3) is 0 Å². The zero-order valence-corrected chi connectivity index (χ0v) is 12.5. The number of alkyl halides is 3. The number of aliphatic hydroxyl groups is 1. The molecule has 1 heterocycles. The van der Waals surface area contributed by atoms with Gasteiger partial charge in [-0.05, 0) is 31.2 Å². The lowest BCUT2D eigenvalue weighted by Crippen LogP contribution is -2.52. The van der Waals surface area contributed by atoms with E-state index in [9.17, 15) is 18.3 Å². The van der Waals surface area contributed by atoms with E-state index in [0.29, 0.717) is 0 Å². The second kappa shape index (κ2) is 4.00. The summed E-state index contributed by atoms with van der Waals surface area (Å²) >= 11 is 0. The van der Waals surface area contributed by atoms with E-state index < -0.39 is 28.2 Å². The van der Waals surface area contributed by atoms with Crippen molar-refractivity contribution < 1.29 is 18.3 Å². The Morgan fingerprint density at radius 1 is 1.29 bits per heavy atom. The van der Waals surface area contributed by atoms with Gasteiger partial charge < -0.3 is 5.11 Å². The van der Waals surface area contributed by atoms with Crippen molar-refractivity contribution in [3.05, 3.63) is 29.6 Å². The maximum atomic E-state index is 13.4. The third-order valence-corrected chi connectivity index (χ3v) is 6.08. The topological polar surface area (TPSA) is 33.1 Å². The number of halogens is 3. The Bertz CT molecular complexity index is 576. The van der Waals surface area contributed by atoms with Crippen LogP contribution in [-0.2, 0) is 11.8 Å². The highest BCUT2D eigenvalue weighted by molar-refractivity contribution is 5.39. The number of fused-ring (bicyclic) bond motifs is 2. The van der Waals surface area contributed by atoms with Gasteiger partial charge in [0, 0.05) is 28.8 Å². The molecule has 2 nitrogen and oxygen atoms in total. The van der Waals surface area contributed by atoms with Crippen LogP contribution in [0.1, 0.15) is 51.2 Å². The van der Waals surface area contributed by atoms with Crippen LogP contribution in [0.15, 0.2) is 18.5 Å². The molecule has 2 bridgehead atoms. The Morgan fingerprint density at radius 3 is 2.48 bits per heavy atom. The van der Waals surface area contributed by atoms with Crippen molar-refractivity contribution in [2.24, 2.45) is 16.7 Å². The molecule has 3 atom stereocenters. The Morgan fingerprint density at radius 2 is 1.95 bits per heavy atom. The molecule has 116 valence electrons. The normalized spacial score (nSPS) is 38.0. The molecule has 3 unspecified atom stereocenters. The lowest BCUT2D eigenvalue weighted by Gasteiger charge is -2.51. The van der Waals surface area contributed by atoms with Crippen molar-refractivity contribution in [2.45, 2.75) is 51.8 Å². The molecule has 21 heavy (non-hydrogen) atoms. The van der Waals surface area contributed by atoms with Crippen LogP contribution in [-0.4, -0.2) is 10.1 Å². The SMILES string of the molecule is CC12CCC(C1)C(C)(C)C2(O)c1cnccc1C(F)(F)F. The van der Waals surface area contributed by atoms with E-state index in [1.165, 1.54) is 6.20 Å². The first kappa shape index (κ1) is 14.8. The number of aromatic nitrogens is 1. The van der Waals surface area contributed by atoms with Gasteiger partial charge in [-0.15, -0.1) is 0 Å². The van der Waals surface area contributed by atoms with E-state index in [1.807, 2.05) is 20.8 Å². The molecule has 3 rings (SSSR count). The Hall–Kier alpha value is -1.10. The number of pyridine rings is 1. The molecular formula is C16H20F3NO. The average Bonchev–Trinajstić information content (AvgIpc) is 2.86. The fraction of sp³-hybridized carbons (Fsp3) is 0.688. The molecule has 1 N–H and O–H groups in total. The fourth-order valence-corrected chi connectivity index (χ4v) is 4.86. The highest BCUT2D eigenvalue weighted by Gasteiger charge is 2.70. The standard InChI is InChI=1S/C16H20F3NO/c1-13(2)10-4-6-14(3,8-10)15(13,21)12-9-20-7-5-11(12)16(17,18)19/h5,7,9-10,21H,4,6,8H2,1-3H3. The first-order valence-electron chi connectivity index (χ1n) is 7.28. The minimum absolute atomic E-state index is 0.0628. The molecule has 1 aromatic heterocycles. The number of rotatable bonds is 1.